The van der Waals surface area contributed by atoms with Gasteiger partial charge >= 0.3 is 0 Å². The SMILES string of the molecule is Fc1ccc(Br)cc1-c1cccc(-c2ncc3ccccc3n2)n1. The Labute approximate surface area is 146 Å². The fourth-order valence-electron chi connectivity index (χ4n) is 2.50. The highest BCUT2D eigenvalue weighted by molar-refractivity contribution is 9.10. The summed E-state index contributed by atoms with van der Waals surface area (Å²) in [4.78, 5) is 13.5. The number of pyridine rings is 1. The van der Waals surface area contributed by atoms with Crippen molar-refractivity contribution >= 4 is 26.8 Å². The average molecular weight is 380 g/mol. The number of hydrogen-bond donors (Lipinski definition) is 0. The average Bonchev–Trinajstić information content (AvgIpc) is 2.63. The Balaban J connectivity index is 1.83. The van der Waals surface area contributed by atoms with Crippen molar-refractivity contribution in [3.8, 4) is 22.8 Å². The topological polar surface area (TPSA) is 38.7 Å². The van der Waals surface area contributed by atoms with E-state index in [1.807, 2.05) is 36.4 Å². The lowest BCUT2D eigenvalue weighted by Gasteiger charge is -2.06. The summed E-state index contributed by atoms with van der Waals surface area (Å²) < 4.78 is 14.9. The highest BCUT2D eigenvalue weighted by Gasteiger charge is 2.10. The van der Waals surface area contributed by atoms with Crippen LogP contribution in [0.5, 0.6) is 0 Å². The summed E-state index contributed by atoms with van der Waals surface area (Å²) in [5.41, 5.74) is 2.44. The van der Waals surface area contributed by atoms with Gasteiger partial charge in [0.2, 0.25) is 0 Å². The molecule has 0 aliphatic carbocycles. The van der Waals surface area contributed by atoms with Gasteiger partial charge in [-0.1, -0.05) is 40.2 Å². The predicted molar refractivity (Wildman–Crippen MR) is 95.9 cm³/mol. The van der Waals surface area contributed by atoms with Crippen molar-refractivity contribution in [2.45, 2.75) is 0 Å². The van der Waals surface area contributed by atoms with E-state index in [0.717, 1.165) is 15.4 Å². The van der Waals surface area contributed by atoms with Crippen LogP contribution in [0.2, 0.25) is 0 Å². The summed E-state index contributed by atoms with van der Waals surface area (Å²) in [6, 6.07) is 18.0. The molecule has 4 aromatic rings. The van der Waals surface area contributed by atoms with Crippen LogP contribution in [-0.4, -0.2) is 15.0 Å². The maximum atomic E-state index is 14.1. The van der Waals surface area contributed by atoms with Gasteiger partial charge in [0.15, 0.2) is 5.82 Å². The van der Waals surface area contributed by atoms with Gasteiger partial charge in [-0.2, -0.15) is 0 Å². The molecule has 0 saturated carbocycles. The van der Waals surface area contributed by atoms with Crippen molar-refractivity contribution in [1.82, 2.24) is 15.0 Å². The smallest absolute Gasteiger partial charge is 0.178 e. The zero-order chi connectivity index (χ0) is 16.5. The molecule has 2 heterocycles. The lowest BCUT2D eigenvalue weighted by molar-refractivity contribution is 0.630. The highest BCUT2D eigenvalue weighted by atomic mass is 79.9. The minimum Gasteiger partial charge on any atom is -0.244 e. The van der Waals surface area contributed by atoms with Gasteiger partial charge in [0.05, 0.1) is 11.2 Å². The summed E-state index contributed by atoms with van der Waals surface area (Å²) in [6.45, 7) is 0. The number of para-hydroxylation sites is 1. The maximum Gasteiger partial charge on any atom is 0.178 e. The van der Waals surface area contributed by atoms with Gasteiger partial charge in [0.25, 0.3) is 0 Å². The van der Waals surface area contributed by atoms with Crippen LogP contribution in [0, 0.1) is 5.82 Å². The number of aromatic nitrogens is 3. The molecule has 0 unspecified atom stereocenters. The van der Waals surface area contributed by atoms with E-state index in [2.05, 4.69) is 30.9 Å². The number of fused-ring (bicyclic) bond motifs is 1. The minimum atomic E-state index is -0.317. The van der Waals surface area contributed by atoms with Gasteiger partial charge in [-0.25, -0.2) is 19.3 Å². The van der Waals surface area contributed by atoms with E-state index >= 15 is 0 Å². The van der Waals surface area contributed by atoms with Crippen molar-refractivity contribution in [3.05, 3.63) is 77.2 Å². The first-order valence-electron chi connectivity index (χ1n) is 7.35. The van der Waals surface area contributed by atoms with Crippen LogP contribution in [0.25, 0.3) is 33.7 Å². The first kappa shape index (κ1) is 14.9. The molecule has 3 nitrogen and oxygen atoms in total. The van der Waals surface area contributed by atoms with Crippen LogP contribution in [0.4, 0.5) is 4.39 Å². The van der Waals surface area contributed by atoms with Gasteiger partial charge in [-0.05, 0) is 36.4 Å². The Morgan fingerprint density at radius 2 is 1.67 bits per heavy atom. The molecule has 24 heavy (non-hydrogen) atoms. The van der Waals surface area contributed by atoms with Crippen LogP contribution in [0.1, 0.15) is 0 Å². The lowest BCUT2D eigenvalue weighted by atomic mass is 10.1. The molecule has 2 aromatic heterocycles. The third-order valence-corrected chi connectivity index (χ3v) is 4.16. The van der Waals surface area contributed by atoms with Crippen molar-refractivity contribution in [1.29, 1.82) is 0 Å². The van der Waals surface area contributed by atoms with E-state index in [0.29, 0.717) is 22.8 Å². The molecule has 0 atom stereocenters. The Morgan fingerprint density at radius 3 is 2.58 bits per heavy atom. The summed E-state index contributed by atoms with van der Waals surface area (Å²) in [5, 5.41) is 0.968. The van der Waals surface area contributed by atoms with Crippen molar-refractivity contribution in [2.75, 3.05) is 0 Å². The molecule has 5 heteroatoms. The quantitative estimate of drug-likeness (QED) is 0.476. The fraction of sp³-hybridized carbons (Fsp3) is 0. The molecule has 116 valence electrons. The van der Waals surface area contributed by atoms with Crippen molar-refractivity contribution < 1.29 is 4.39 Å². The molecule has 4 rings (SSSR count). The van der Waals surface area contributed by atoms with Gasteiger partial charge in [0, 0.05) is 21.6 Å². The monoisotopic (exact) mass is 379 g/mol. The summed E-state index contributed by atoms with van der Waals surface area (Å²) in [7, 11) is 0. The van der Waals surface area contributed by atoms with Gasteiger partial charge in [-0.3, -0.25) is 0 Å². The van der Waals surface area contributed by atoms with E-state index < -0.39 is 0 Å². The van der Waals surface area contributed by atoms with E-state index in [1.165, 1.54) is 6.07 Å². The summed E-state index contributed by atoms with van der Waals surface area (Å²) in [6.07, 6.45) is 1.77. The number of halogens is 2. The normalized spacial score (nSPS) is 10.9. The molecule has 0 radical (unpaired) electrons. The third kappa shape index (κ3) is 2.78. The van der Waals surface area contributed by atoms with Crippen LogP contribution in [0.3, 0.4) is 0 Å². The lowest BCUT2D eigenvalue weighted by Crippen LogP contribution is -1.95. The van der Waals surface area contributed by atoms with Gasteiger partial charge in [0.1, 0.15) is 11.5 Å². The van der Waals surface area contributed by atoms with Crippen molar-refractivity contribution in [2.24, 2.45) is 0 Å². The standard InChI is InChI=1S/C19H11BrFN3/c20-13-8-9-15(21)14(10-13)17-6-3-7-18(23-17)19-22-11-12-4-1-2-5-16(12)24-19/h1-11H. The maximum absolute atomic E-state index is 14.1. The molecule has 0 aliphatic heterocycles. The third-order valence-electron chi connectivity index (χ3n) is 3.67. The molecule has 0 spiro atoms. The predicted octanol–water partition coefficient (Wildman–Crippen LogP) is 5.26. The summed E-state index contributed by atoms with van der Waals surface area (Å²) >= 11 is 3.37. The molecule has 0 saturated heterocycles. The Morgan fingerprint density at radius 1 is 0.833 bits per heavy atom. The Kier molecular flexibility index (Phi) is 3.78. The Hall–Kier alpha value is -2.66. The van der Waals surface area contributed by atoms with Gasteiger partial charge < -0.3 is 0 Å². The highest BCUT2D eigenvalue weighted by Crippen LogP contribution is 2.26. The zero-order valence-electron chi connectivity index (χ0n) is 12.4. The van der Waals surface area contributed by atoms with Gasteiger partial charge in [-0.15, -0.1) is 0 Å². The second-order valence-electron chi connectivity index (χ2n) is 5.28. The number of nitrogens with zero attached hydrogens (tertiary/aromatic N) is 3. The van der Waals surface area contributed by atoms with E-state index in [-0.39, 0.29) is 5.82 Å². The second kappa shape index (κ2) is 6.09. The molecule has 0 aliphatic rings. The minimum absolute atomic E-state index is 0.317. The number of rotatable bonds is 2. The fourth-order valence-corrected chi connectivity index (χ4v) is 2.86. The van der Waals surface area contributed by atoms with Crippen LogP contribution in [-0.2, 0) is 0 Å². The molecular formula is C19H11BrFN3. The van der Waals surface area contributed by atoms with Crippen LogP contribution < -0.4 is 0 Å². The first-order chi connectivity index (χ1) is 11.7. The Bertz CT molecular complexity index is 1050. The molecule has 0 fully saturated rings. The number of benzene rings is 2. The van der Waals surface area contributed by atoms with Crippen LogP contribution in [0.15, 0.2) is 71.3 Å². The summed E-state index contributed by atoms with van der Waals surface area (Å²) in [5.74, 6) is 0.202. The van der Waals surface area contributed by atoms with E-state index in [9.17, 15) is 4.39 Å². The molecule has 2 aromatic carbocycles. The number of hydrogen-bond acceptors (Lipinski definition) is 3. The molecule has 0 bridgehead atoms. The molecule has 0 amide bonds. The van der Waals surface area contributed by atoms with E-state index in [4.69, 9.17) is 0 Å². The second-order valence-corrected chi connectivity index (χ2v) is 6.20. The molecular weight excluding hydrogens is 369 g/mol. The van der Waals surface area contributed by atoms with Crippen LogP contribution >= 0.6 is 15.9 Å². The van der Waals surface area contributed by atoms with E-state index in [1.54, 1.807) is 24.4 Å². The van der Waals surface area contributed by atoms with Crippen molar-refractivity contribution in [3.63, 3.8) is 0 Å². The zero-order valence-corrected chi connectivity index (χ0v) is 14.0. The largest absolute Gasteiger partial charge is 0.244 e. The first-order valence-corrected chi connectivity index (χ1v) is 8.15. The molecule has 0 N–H and O–H groups in total.